The van der Waals surface area contributed by atoms with Crippen molar-refractivity contribution in [3.63, 3.8) is 0 Å². The van der Waals surface area contributed by atoms with Gasteiger partial charge in [-0.25, -0.2) is 4.79 Å². The first-order valence-electron chi connectivity index (χ1n) is 9.10. The van der Waals surface area contributed by atoms with Gasteiger partial charge >= 0.3 is 6.09 Å². The van der Waals surface area contributed by atoms with Crippen LogP contribution < -0.4 is 15.5 Å². The third kappa shape index (κ3) is 4.06. The quantitative estimate of drug-likeness (QED) is 0.878. The fourth-order valence-electron chi connectivity index (χ4n) is 3.56. The van der Waals surface area contributed by atoms with Crippen molar-refractivity contribution in [2.45, 2.75) is 57.5 Å². The molecule has 0 radical (unpaired) electrons. The Morgan fingerprint density at radius 3 is 2.76 bits per heavy atom. The van der Waals surface area contributed by atoms with E-state index in [2.05, 4.69) is 10.6 Å². The second kappa shape index (κ2) is 7.33. The standard InChI is InChI=1S/C19H27N3O3/c1-19(2)17(23)22(16-11-7-6-10-15(16)21-19)12-13-25-18(24)20-14-8-4-3-5-9-14/h6-7,10-11,14,21H,3-5,8-9,12-13H2,1-2H3,(H,20,24). The summed E-state index contributed by atoms with van der Waals surface area (Å²) in [5.74, 6) is -0.0255. The number of ether oxygens (including phenoxy) is 1. The van der Waals surface area contributed by atoms with E-state index in [-0.39, 0.29) is 24.6 Å². The molecule has 0 unspecified atom stereocenters. The van der Waals surface area contributed by atoms with Crippen LogP contribution in [0.15, 0.2) is 24.3 Å². The van der Waals surface area contributed by atoms with Gasteiger partial charge in [0.15, 0.2) is 0 Å². The van der Waals surface area contributed by atoms with Crippen LogP contribution in [0.3, 0.4) is 0 Å². The Labute approximate surface area is 148 Å². The Balaban J connectivity index is 1.56. The molecule has 1 fully saturated rings. The maximum Gasteiger partial charge on any atom is 0.407 e. The van der Waals surface area contributed by atoms with Crippen molar-refractivity contribution in [2.75, 3.05) is 23.4 Å². The van der Waals surface area contributed by atoms with Crippen molar-refractivity contribution in [3.05, 3.63) is 24.3 Å². The minimum Gasteiger partial charge on any atom is -0.448 e. The summed E-state index contributed by atoms with van der Waals surface area (Å²) in [5, 5.41) is 6.18. The fraction of sp³-hybridized carbons (Fsp3) is 0.579. The van der Waals surface area contributed by atoms with Crippen molar-refractivity contribution in [1.29, 1.82) is 0 Å². The van der Waals surface area contributed by atoms with Gasteiger partial charge in [-0.15, -0.1) is 0 Å². The van der Waals surface area contributed by atoms with Crippen LogP contribution >= 0.6 is 0 Å². The Bertz CT molecular complexity index is 639. The van der Waals surface area contributed by atoms with E-state index >= 15 is 0 Å². The van der Waals surface area contributed by atoms with Gasteiger partial charge in [0, 0.05) is 6.04 Å². The van der Waals surface area contributed by atoms with Crippen LogP contribution in [0.4, 0.5) is 16.2 Å². The van der Waals surface area contributed by atoms with Gasteiger partial charge in [-0.1, -0.05) is 31.4 Å². The lowest BCUT2D eigenvalue weighted by Crippen LogP contribution is -2.54. The number of fused-ring (bicyclic) bond motifs is 1. The lowest BCUT2D eigenvalue weighted by molar-refractivity contribution is -0.122. The number of nitrogens with one attached hydrogen (secondary N) is 2. The molecule has 3 rings (SSSR count). The van der Waals surface area contributed by atoms with Gasteiger partial charge < -0.3 is 20.3 Å². The van der Waals surface area contributed by atoms with Gasteiger partial charge in [0.05, 0.1) is 17.9 Å². The topological polar surface area (TPSA) is 70.7 Å². The summed E-state index contributed by atoms with van der Waals surface area (Å²) in [7, 11) is 0. The molecule has 1 heterocycles. The Morgan fingerprint density at radius 1 is 1.28 bits per heavy atom. The number of hydrogen-bond acceptors (Lipinski definition) is 4. The molecule has 1 aliphatic carbocycles. The SMILES string of the molecule is CC1(C)Nc2ccccc2N(CCOC(=O)NC2CCCCC2)C1=O. The van der Waals surface area contributed by atoms with Crippen LogP contribution in [-0.4, -0.2) is 36.7 Å². The van der Waals surface area contributed by atoms with E-state index in [1.54, 1.807) is 4.90 Å². The van der Waals surface area contributed by atoms with Crippen molar-refractivity contribution < 1.29 is 14.3 Å². The average Bonchev–Trinajstić information content (AvgIpc) is 2.59. The number of hydrogen-bond donors (Lipinski definition) is 2. The highest BCUT2D eigenvalue weighted by Crippen LogP contribution is 2.34. The normalized spacial score (nSPS) is 19.8. The molecule has 1 aliphatic heterocycles. The molecule has 0 saturated heterocycles. The number of para-hydroxylation sites is 2. The molecule has 1 aromatic carbocycles. The van der Waals surface area contributed by atoms with Crippen LogP contribution in [0.1, 0.15) is 46.0 Å². The molecule has 0 bridgehead atoms. The van der Waals surface area contributed by atoms with Crippen LogP contribution in [0.2, 0.25) is 0 Å². The van der Waals surface area contributed by atoms with E-state index < -0.39 is 5.54 Å². The maximum atomic E-state index is 12.7. The molecule has 0 spiro atoms. The second-order valence-electron chi connectivity index (χ2n) is 7.34. The third-order valence-electron chi connectivity index (χ3n) is 4.90. The zero-order chi connectivity index (χ0) is 17.9. The molecular weight excluding hydrogens is 318 g/mol. The van der Waals surface area contributed by atoms with Crippen molar-refractivity contribution in [1.82, 2.24) is 5.32 Å². The minimum absolute atomic E-state index is 0.0255. The van der Waals surface area contributed by atoms with E-state index in [0.29, 0.717) is 6.54 Å². The summed E-state index contributed by atoms with van der Waals surface area (Å²) >= 11 is 0. The van der Waals surface area contributed by atoms with E-state index in [9.17, 15) is 9.59 Å². The molecule has 0 atom stereocenters. The number of nitrogens with zero attached hydrogens (tertiary/aromatic N) is 1. The number of carbonyl (C=O) groups excluding carboxylic acids is 2. The van der Waals surface area contributed by atoms with Crippen molar-refractivity contribution in [2.24, 2.45) is 0 Å². The molecule has 6 nitrogen and oxygen atoms in total. The summed E-state index contributed by atoms with van der Waals surface area (Å²) in [4.78, 5) is 26.4. The first kappa shape index (κ1) is 17.6. The van der Waals surface area contributed by atoms with Gasteiger partial charge in [-0.3, -0.25) is 4.79 Å². The van der Waals surface area contributed by atoms with Crippen LogP contribution in [0, 0.1) is 0 Å². The molecule has 2 aliphatic rings. The lowest BCUT2D eigenvalue weighted by atomic mass is 9.96. The Morgan fingerprint density at radius 2 is 2.00 bits per heavy atom. The second-order valence-corrected chi connectivity index (χ2v) is 7.34. The minimum atomic E-state index is -0.682. The highest BCUT2D eigenvalue weighted by molar-refractivity contribution is 6.07. The monoisotopic (exact) mass is 345 g/mol. The number of amides is 2. The predicted octanol–water partition coefficient (Wildman–Crippen LogP) is 3.28. The van der Waals surface area contributed by atoms with Gasteiger partial charge in [0.2, 0.25) is 0 Å². The molecule has 1 aromatic rings. The first-order valence-corrected chi connectivity index (χ1v) is 9.10. The largest absolute Gasteiger partial charge is 0.448 e. The highest BCUT2D eigenvalue weighted by atomic mass is 16.5. The molecule has 6 heteroatoms. The lowest BCUT2D eigenvalue weighted by Gasteiger charge is -2.39. The predicted molar refractivity (Wildman–Crippen MR) is 97.9 cm³/mol. The molecule has 25 heavy (non-hydrogen) atoms. The highest BCUT2D eigenvalue weighted by Gasteiger charge is 2.38. The molecular formula is C19H27N3O3. The first-order chi connectivity index (χ1) is 12.0. The van der Waals surface area contributed by atoms with E-state index in [1.807, 2.05) is 38.1 Å². The fourth-order valence-corrected chi connectivity index (χ4v) is 3.56. The molecule has 1 saturated carbocycles. The number of carbonyl (C=O) groups is 2. The molecule has 136 valence electrons. The van der Waals surface area contributed by atoms with Crippen LogP contribution in [-0.2, 0) is 9.53 Å². The third-order valence-corrected chi connectivity index (χ3v) is 4.90. The van der Waals surface area contributed by atoms with Gasteiger partial charge in [-0.2, -0.15) is 0 Å². The van der Waals surface area contributed by atoms with Crippen molar-refractivity contribution >= 4 is 23.4 Å². The van der Waals surface area contributed by atoms with E-state index in [1.165, 1.54) is 6.42 Å². The van der Waals surface area contributed by atoms with Crippen molar-refractivity contribution in [3.8, 4) is 0 Å². The van der Waals surface area contributed by atoms with Gasteiger partial charge in [0.25, 0.3) is 5.91 Å². The number of benzene rings is 1. The smallest absolute Gasteiger partial charge is 0.407 e. The summed E-state index contributed by atoms with van der Waals surface area (Å²) in [6.07, 6.45) is 5.22. The average molecular weight is 345 g/mol. The molecule has 2 amide bonds. The number of anilines is 2. The van der Waals surface area contributed by atoms with E-state index in [4.69, 9.17) is 4.74 Å². The summed E-state index contributed by atoms with van der Waals surface area (Å²) in [5.41, 5.74) is 1.06. The Hall–Kier alpha value is -2.24. The zero-order valence-corrected chi connectivity index (χ0v) is 15.0. The molecule has 0 aromatic heterocycles. The summed E-state index contributed by atoms with van der Waals surface area (Å²) < 4.78 is 5.31. The number of rotatable bonds is 4. The van der Waals surface area contributed by atoms with Crippen LogP contribution in [0.5, 0.6) is 0 Å². The Kier molecular flexibility index (Phi) is 5.16. The van der Waals surface area contributed by atoms with Crippen LogP contribution in [0.25, 0.3) is 0 Å². The van der Waals surface area contributed by atoms with Gasteiger partial charge in [0.1, 0.15) is 12.1 Å². The van der Waals surface area contributed by atoms with E-state index in [0.717, 1.165) is 37.1 Å². The van der Waals surface area contributed by atoms with Gasteiger partial charge in [-0.05, 0) is 38.8 Å². The molecule has 2 N–H and O–H groups in total. The zero-order valence-electron chi connectivity index (χ0n) is 15.0. The summed E-state index contributed by atoms with van der Waals surface area (Å²) in [6, 6.07) is 7.91. The maximum absolute atomic E-state index is 12.7. The summed E-state index contributed by atoms with van der Waals surface area (Å²) in [6.45, 7) is 4.23. The number of alkyl carbamates (subject to hydrolysis) is 1.